The van der Waals surface area contributed by atoms with Crippen molar-refractivity contribution in [3.63, 3.8) is 0 Å². The van der Waals surface area contributed by atoms with Crippen molar-refractivity contribution in [2.45, 2.75) is 19.3 Å². The van der Waals surface area contributed by atoms with Crippen LogP contribution in [0.2, 0.25) is 0 Å². The number of imidazole rings is 1. The van der Waals surface area contributed by atoms with Gasteiger partial charge in [-0.3, -0.25) is 4.79 Å². The van der Waals surface area contributed by atoms with Gasteiger partial charge < -0.3 is 15.0 Å². The van der Waals surface area contributed by atoms with Crippen molar-refractivity contribution in [3.05, 3.63) is 54.6 Å². The van der Waals surface area contributed by atoms with Gasteiger partial charge in [-0.05, 0) is 24.8 Å². The van der Waals surface area contributed by atoms with Gasteiger partial charge in [-0.25, -0.2) is 15.0 Å². The van der Waals surface area contributed by atoms with Crippen LogP contribution in [0.4, 0.5) is 5.82 Å². The number of carboxylic acids is 1. The molecule has 1 fully saturated rings. The van der Waals surface area contributed by atoms with Gasteiger partial charge in [0.1, 0.15) is 11.8 Å². The molecule has 1 saturated heterocycles. The van der Waals surface area contributed by atoms with Crippen molar-refractivity contribution in [1.29, 1.82) is 0 Å². The summed E-state index contributed by atoms with van der Waals surface area (Å²) in [6, 6.07) is 9.92. The standard InChI is InChI=1S/C20H21N5O2/c26-19(27)20(9-4-8-15-6-2-1-3-7-15)10-5-11-25(12-20)18-16-17(22-13-21-16)23-14-24-18/h1-4,6-8,13-14H,5,9-12H2,(H,26,27)(H,21,22,23,24)/b8-4+. The molecular weight excluding hydrogens is 342 g/mol. The van der Waals surface area contributed by atoms with Crippen LogP contribution >= 0.6 is 0 Å². The molecule has 2 aromatic heterocycles. The van der Waals surface area contributed by atoms with Crippen LogP contribution in [0.5, 0.6) is 0 Å². The van der Waals surface area contributed by atoms with Gasteiger partial charge >= 0.3 is 5.97 Å². The molecule has 0 amide bonds. The average Bonchev–Trinajstić information content (AvgIpc) is 3.18. The molecule has 7 nitrogen and oxygen atoms in total. The summed E-state index contributed by atoms with van der Waals surface area (Å²) in [6.45, 7) is 1.18. The van der Waals surface area contributed by atoms with Gasteiger partial charge in [0, 0.05) is 13.1 Å². The number of anilines is 1. The molecule has 3 heterocycles. The highest BCUT2D eigenvalue weighted by Gasteiger charge is 2.42. The van der Waals surface area contributed by atoms with Crippen LogP contribution in [0, 0.1) is 5.41 Å². The molecule has 1 atom stereocenters. The summed E-state index contributed by atoms with van der Waals surface area (Å²) >= 11 is 0. The number of allylic oxidation sites excluding steroid dienone is 1. The minimum atomic E-state index is -0.833. The first-order valence-corrected chi connectivity index (χ1v) is 9.02. The highest BCUT2D eigenvalue weighted by Crippen LogP contribution is 2.37. The van der Waals surface area contributed by atoms with Gasteiger partial charge in [0.05, 0.1) is 11.7 Å². The Balaban J connectivity index is 1.58. The molecule has 0 saturated carbocycles. The first-order valence-electron chi connectivity index (χ1n) is 9.02. The molecule has 0 bridgehead atoms. The van der Waals surface area contributed by atoms with E-state index < -0.39 is 11.4 Å². The fraction of sp³-hybridized carbons (Fsp3) is 0.300. The van der Waals surface area contributed by atoms with Crippen LogP contribution < -0.4 is 4.90 Å². The highest BCUT2D eigenvalue weighted by molar-refractivity contribution is 5.84. The maximum absolute atomic E-state index is 12.2. The number of fused-ring (bicyclic) bond motifs is 1. The lowest BCUT2D eigenvalue weighted by atomic mass is 9.77. The number of carboxylic acid groups (broad SMARTS) is 1. The summed E-state index contributed by atoms with van der Waals surface area (Å²) in [7, 11) is 0. The Bertz CT molecular complexity index is 969. The normalized spacial score (nSPS) is 20.4. The number of carbonyl (C=O) groups is 1. The highest BCUT2D eigenvalue weighted by atomic mass is 16.4. The minimum Gasteiger partial charge on any atom is -0.481 e. The largest absolute Gasteiger partial charge is 0.481 e. The van der Waals surface area contributed by atoms with Crippen LogP contribution in [0.1, 0.15) is 24.8 Å². The second-order valence-corrected chi connectivity index (χ2v) is 6.93. The first kappa shape index (κ1) is 17.2. The summed E-state index contributed by atoms with van der Waals surface area (Å²) in [5, 5.41) is 10.0. The number of rotatable bonds is 5. The Morgan fingerprint density at radius 1 is 1.26 bits per heavy atom. The number of piperidine rings is 1. The fourth-order valence-electron chi connectivity index (χ4n) is 3.72. The van der Waals surface area contributed by atoms with Crippen LogP contribution in [0.25, 0.3) is 17.2 Å². The molecule has 3 aromatic rings. The van der Waals surface area contributed by atoms with E-state index in [9.17, 15) is 9.90 Å². The van der Waals surface area contributed by atoms with Gasteiger partial charge in [0.15, 0.2) is 11.5 Å². The van der Waals surface area contributed by atoms with Crippen LogP contribution in [0.15, 0.2) is 49.1 Å². The SMILES string of the molecule is O=C(O)C1(C/C=C/c2ccccc2)CCCN(c2ncnc3nc[nH]c23)C1. The first-order chi connectivity index (χ1) is 13.2. The second-order valence-electron chi connectivity index (χ2n) is 6.93. The zero-order chi connectivity index (χ0) is 18.7. The number of benzene rings is 1. The maximum Gasteiger partial charge on any atom is 0.311 e. The van der Waals surface area contributed by atoms with Crippen LogP contribution in [0.3, 0.4) is 0 Å². The van der Waals surface area contributed by atoms with E-state index in [0.29, 0.717) is 25.0 Å². The van der Waals surface area contributed by atoms with Crippen LogP contribution in [-0.2, 0) is 4.79 Å². The number of H-pyrrole nitrogens is 1. The number of hydrogen-bond donors (Lipinski definition) is 2. The molecule has 138 valence electrons. The van der Waals surface area contributed by atoms with E-state index in [1.807, 2.05) is 47.4 Å². The van der Waals surface area contributed by atoms with Crippen molar-refractivity contribution < 1.29 is 9.90 Å². The molecule has 1 aliphatic heterocycles. The number of aromatic nitrogens is 4. The molecule has 7 heteroatoms. The predicted molar refractivity (Wildman–Crippen MR) is 103 cm³/mol. The van der Waals surface area contributed by atoms with Crippen molar-refractivity contribution in [2.75, 3.05) is 18.0 Å². The molecule has 2 N–H and O–H groups in total. The fourth-order valence-corrected chi connectivity index (χ4v) is 3.72. The lowest BCUT2D eigenvalue weighted by Crippen LogP contribution is -2.48. The molecule has 1 aromatic carbocycles. The van der Waals surface area contributed by atoms with E-state index in [1.54, 1.807) is 6.33 Å². The van der Waals surface area contributed by atoms with Crippen molar-refractivity contribution in [2.24, 2.45) is 5.41 Å². The van der Waals surface area contributed by atoms with E-state index in [-0.39, 0.29) is 0 Å². The number of nitrogens with one attached hydrogen (secondary N) is 1. The molecule has 1 unspecified atom stereocenters. The summed E-state index contributed by atoms with van der Waals surface area (Å²) in [5.41, 5.74) is 1.58. The molecule has 0 aliphatic carbocycles. The third-order valence-corrected chi connectivity index (χ3v) is 5.15. The Kier molecular flexibility index (Phi) is 4.58. The third kappa shape index (κ3) is 3.40. The smallest absolute Gasteiger partial charge is 0.311 e. The zero-order valence-electron chi connectivity index (χ0n) is 14.9. The maximum atomic E-state index is 12.2. The molecular formula is C20H21N5O2. The molecule has 4 rings (SSSR count). The Morgan fingerprint density at radius 2 is 2.11 bits per heavy atom. The summed E-state index contributed by atoms with van der Waals surface area (Å²) in [5.74, 6) is -0.0466. The lowest BCUT2D eigenvalue weighted by molar-refractivity contribution is -0.149. The number of hydrogen-bond acceptors (Lipinski definition) is 5. The van der Waals surface area contributed by atoms with E-state index >= 15 is 0 Å². The molecule has 0 radical (unpaired) electrons. The monoisotopic (exact) mass is 363 g/mol. The minimum absolute atomic E-state index is 0.409. The van der Waals surface area contributed by atoms with Gasteiger partial charge in [0.2, 0.25) is 0 Å². The summed E-state index contributed by atoms with van der Waals surface area (Å²) < 4.78 is 0. The van der Waals surface area contributed by atoms with Crippen molar-refractivity contribution in [1.82, 2.24) is 19.9 Å². The zero-order valence-corrected chi connectivity index (χ0v) is 14.9. The molecule has 0 spiro atoms. The quantitative estimate of drug-likeness (QED) is 0.723. The van der Waals surface area contributed by atoms with E-state index in [0.717, 1.165) is 29.9 Å². The van der Waals surface area contributed by atoms with E-state index in [4.69, 9.17) is 0 Å². The van der Waals surface area contributed by atoms with Gasteiger partial charge in [-0.15, -0.1) is 0 Å². The summed E-state index contributed by atoms with van der Waals surface area (Å²) in [6.07, 6.45) is 8.94. The topological polar surface area (TPSA) is 95.0 Å². The van der Waals surface area contributed by atoms with Crippen molar-refractivity contribution >= 4 is 29.0 Å². The molecule has 1 aliphatic rings. The number of nitrogens with zero attached hydrogens (tertiary/aromatic N) is 4. The second kappa shape index (κ2) is 7.19. The molecule has 27 heavy (non-hydrogen) atoms. The number of aliphatic carboxylic acids is 1. The summed E-state index contributed by atoms with van der Waals surface area (Å²) in [4.78, 5) is 30.0. The Labute approximate surface area is 156 Å². The van der Waals surface area contributed by atoms with Crippen molar-refractivity contribution in [3.8, 4) is 0 Å². The Hall–Kier alpha value is -3.22. The van der Waals surface area contributed by atoms with Crippen LogP contribution in [-0.4, -0.2) is 44.1 Å². The number of aromatic amines is 1. The van der Waals surface area contributed by atoms with Gasteiger partial charge in [-0.2, -0.15) is 0 Å². The van der Waals surface area contributed by atoms with E-state index in [1.165, 1.54) is 6.33 Å². The lowest BCUT2D eigenvalue weighted by Gasteiger charge is -2.40. The van der Waals surface area contributed by atoms with E-state index in [2.05, 4.69) is 19.9 Å². The Morgan fingerprint density at radius 3 is 2.93 bits per heavy atom. The van der Waals surface area contributed by atoms with Gasteiger partial charge in [-0.1, -0.05) is 42.5 Å². The third-order valence-electron chi connectivity index (χ3n) is 5.15. The predicted octanol–water partition coefficient (Wildman–Crippen LogP) is 3.13. The van der Waals surface area contributed by atoms with Gasteiger partial charge in [0.25, 0.3) is 0 Å². The average molecular weight is 363 g/mol.